The lowest BCUT2D eigenvalue weighted by atomic mass is 10.1. The first-order valence-corrected chi connectivity index (χ1v) is 4.73. The summed E-state index contributed by atoms with van der Waals surface area (Å²) in [4.78, 5) is 10.4. The van der Waals surface area contributed by atoms with Crippen molar-refractivity contribution >= 4 is 27.9 Å². The van der Waals surface area contributed by atoms with Gasteiger partial charge in [-0.15, -0.1) is 5.10 Å². The van der Waals surface area contributed by atoms with Crippen LogP contribution in [0.2, 0.25) is 0 Å². The highest BCUT2D eigenvalue weighted by Crippen LogP contribution is 2.32. The molecule has 0 amide bonds. The third kappa shape index (κ3) is 1.14. The van der Waals surface area contributed by atoms with E-state index in [1.165, 1.54) is 4.52 Å². The number of benzene rings is 1. The minimum absolute atomic E-state index is 0.0474. The fourth-order valence-corrected chi connectivity index (χ4v) is 1.81. The van der Waals surface area contributed by atoms with Crippen LogP contribution in [0.4, 0.5) is 11.4 Å². The number of nitro groups is 1. The van der Waals surface area contributed by atoms with Crippen molar-refractivity contribution in [3.05, 3.63) is 34.4 Å². The summed E-state index contributed by atoms with van der Waals surface area (Å²) in [6.07, 6.45) is 0. The molecule has 3 aromatic rings. The highest BCUT2D eigenvalue weighted by atomic mass is 16.6. The van der Waals surface area contributed by atoms with Crippen LogP contribution in [0, 0.1) is 10.1 Å². The van der Waals surface area contributed by atoms with Crippen LogP contribution in [0.5, 0.6) is 0 Å². The van der Waals surface area contributed by atoms with Gasteiger partial charge in [-0.05, 0) is 16.5 Å². The SMILES string of the molecule is Nc1c([N+](=O)[O-])c2nnnn2c2ccccc12. The van der Waals surface area contributed by atoms with Crippen molar-refractivity contribution in [2.75, 3.05) is 5.73 Å². The summed E-state index contributed by atoms with van der Waals surface area (Å²) < 4.78 is 1.31. The molecule has 3 rings (SSSR count). The monoisotopic (exact) mass is 230 g/mol. The second-order valence-electron chi connectivity index (χ2n) is 3.45. The average Bonchev–Trinajstić information content (AvgIpc) is 2.78. The average molecular weight is 230 g/mol. The Labute approximate surface area is 93.8 Å². The quantitative estimate of drug-likeness (QED) is 0.488. The van der Waals surface area contributed by atoms with Gasteiger partial charge in [0.15, 0.2) is 0 Å². The van der Waals surface area contributed by atoms with Gasteiger partial charge in [0, 0.05) is 5.39 Å². The van der Waals surface area contributed by atoms with E-state index < -0.39 is 4.92 Å². The Kier molecular flexibility index (Phi) is 1.73. The summed E-state index contributed by atoms with van der Waals surface area (Å²) in [5.41, 5.74) is 6.28. The molecule has 0 atom stereocenters. The Morgan fingerprint density at radius 2 is 2.12 bits per heavy atom. The van der Waals surface area contributed by atoms with E-state index in [0.29, 0.717) is 10.9 Å². The van der Waals surface area contributed by atoms with Crippen LogP contribution in [-0.4, -0.2) is 25.0 Å². The lowest BCUT2D eigenvalue weighted by Crippen LogP contribution is -2.02. The molecule has 0 bridgehead atoms. The zero-order chi connectivity index (χ0) is 12.0. The van der Waals surface area contributed by atoms with E-state index in [1.807, 2.05) is 0 Å². The lowest BCUT2D eigenvalue weighted by Gasteiger charge is -2.04. The third-order valence-corrected chi connectivity index (χ3v) is 2.54. The highest BCUT2D eigenvalue weighted by molar-refractivity contribution is 5.99. The molecule has 0 spiro atoms. The number of fused-ring (bicyclic) bond motifs is 3. The predicted octanol–water partition coefficient (Wildman–Crippen LogP) is 0.768. The van der Waals surface area contributed by atoms with Crippen molar-refractivity contribution < 1.29 is 4.92 Å². The topological polar surface area (TPSA) is 112 Å². The molecule has 0 saturated heterocycles. The van der Waals surface area contributed by atoms with Crippen molar-refractivity contribution in [1.29, 1.82) is 0 Å². The van der Waals surface area contributed by atoms with Gasteiger partial charge in [0.25, 0.3) is 5.65 Å². The van der Waals surface area contributed by atoms with Gasteiger partial charge in [-0.3, -0.25) is 10.1 Å². The molecule has 0 radical (unpaired) electrons. The molecule has 8 nitrogen and oxygen atoms in total. The molecular weight excluding hydrogens is 224 g/mol. The number of hydrogen-bond acceptors (Lipinski definition) is 6. The number of nitrogen functional groups attached to an aromatic ring is 1. The van der Waals surface area contributed by atoms with Crippen molar-refractivity contribution in [2.45, 2.75) is 0 Å². The Morgan fingerprint density at radius 1 is 1.35 bits per heavy atom. The van der Waals surface area contributed by atoms with Gasteiger partial charge < -0.3 is 5.73 Å². The third-order valence-electron chi connectivity index (χ3n) is 2.54. The molecule has 0 aliphatic heterocycles. The first kappa shape index (κ1) is 9.46. The van der Waals surface area contributed by atoms with E-state index >= 15 is 0 Å². The van der Waals surface area contributed by atoms with Crippen molar-refractivity contribution in [1.82, 2.24) is 20.0 Å². The number of tetrazole rings is 1. The maximum atomic E-state index is 11.0. The van der Waals surface area contributed by atoms with Gasteiger partial charge >= 0.3 is 5.69 Å². The van der Waals surface area contributed by atoms with E-state index in [0.717, 1.165) is 0 Å². The lowest BCUT2D eigenvalue weighted by molar-refractivity contribution is -0.382. The fourth-order valence-electron chi connectivity index (χ4n) is 1.81. The van der Waals surface area contributed by atoms with E-state index in [9.17, 15) is 10.1 Å². The predicted molar refractivity (Wildman–Crippen MR) is 59.4 cm³/mol. The molecule has 1 aromatic carbocycles. The Morgan fingerprint density at radius 3 is 2.88 bits per heavy atom. The second-order valence-corrected chi connectivity index (χ2v) is 3.45. The molecule has 2 N–H and O–H groups in total. The van der Waals surface area contributed by atoms with Crippen LogP contribution < -0.4 is 5.73 Å². The summed E-state index contributed by atoms with van der Waals surface area (Å²) in [7, 11) is 0. The molecular formula is C9H6N6O2. The van der Waals surface area contributed by atoms with Gasteiger partial charge in [-0.2, -0.15) is 4.52 Å². The van der Waals surface area contributed by atoms with Gasteiger partial charge in [0.1, 0.15) is 5.69 Å². The van der Waals surface area contributed by atoms with E-state index in [2.05, 4.69) is 15.5 Å². The molecule has 0 aliphatic rings. The van der Waals surface area contributed by atoms with Crippen LogP contribution in [0.25, 0.3) is 16.6 Å². The number of nitrogens with two attached hydrogens (primary N) is 1. The summed E-state index contributed by atoms with van der Waals surface area (Å²) in [6.45, 7) is 0. The molecule has 8 heteroatoms. The molecule has 2 heterocycles. The van der Waals surface area contributed by atoms with E-state index in [4.69, 9.17) is 5.73 Å². The van der Waals surface area contributed by atoms with Crippen molar-refractivity contribution in [2.24, 2.45) is 0 Å². The van der Waals surface area contributed by atoms with Gasteiger partial charge in [0.2, 0.25) is 0 Å². The normalized spacial score (nSPS) is 11.1. The molecule has 0 aliphatic carbocycles. The number of anilines is 1. The first-order chi connectivity index (χ1) is 8.20. The van der Waals surface area contributed by atoms with Crippen molar-refractivity contribution in [3.63, 3.8) is 0 Å². The number of pyridine rings is 1. The van der Waals surface area contributed by atoms with Gasteiger partial charge in [-0.1, -0.05) is 18.2 Å². The van der Waals surface area contributed by atoms with Crippen LogP contribution in [0.3, 0.4) is 0 Å². The van der Waals surface area contributed by atoms with Crippen LogP contribution in [0.15, 0.2) is 24.3 Å². The van der Waals surface area contributed by atoms with Crippen LogP contribution >= 0.6 is 0 Å². The molecule has 0 saturated carbocycles. The first-order valence-electron chi connectivity index (χ1n) is 4.73. The van der Waals surface area contributed by atoms with Gasteiger partial charge in [0.05, 0.1) is 10.4 Å². The van der Waals surface area contributed by atoms with E-state index in [1.54, 1.807) is 24.3 Å². The summed E-state index contributed by atoms with van der Waals surface area (Å²) in [6, 6.07) is 6.98. The number of rotatable bonds is 1. The number of hydrogen-bond donors (Lipinski definition) is 1. The molecule has 17 heavy (non-hydrogen) atoms. The molecule has 0 fully saturated rings. The van der Waals surface area contributed by atoms with Gasteiger partial charge in [-0.25, -0.2) is 0 Å². The second kappa shape index (κ2) is 3.11. The Hall–Kier alpha value is -2.77. The number of para-hydroxylation sites is 1. The van der Waals surface area contributed by atoms with Crippen LogP contribution in [-0.2, 0) is 0 Å². The zero-order valence-corrected chi connectivity index (χ0v) is 8.44. The van der Waals surface area contributed by atoms with Crippen molar-refractivity contribution in [3.8, 4) is 0 Å². The zero-order valence-electron chi connectivity index (χ0n) is 8.44. The number of aromatic nitrogens is 4. The molecule has 0 unspecified atom stereocenters. The summed E-state index contributed by atoms with van der Waals surface area (Å²) in [5, 5.41) is 22.3. The number of nitrogens with zero attached hydrogens (tertiary/aromatic N) is 5. The maximum Gasteiger partial charge on any atom is 0.339 e. The standard InChI is InChI=1S/C9H6N6O2/c10-7-5-3-1-2-4-6(5)14-9(11-12-13-14)8(7)15(16)17/h1-4H,10H2. The summed E-state index contributed by atoms with van der Waals surface area (Å²) >= 11 is 0. The maximum absolute atomic E-state index is 11.0. The smallest absolute Gasteiger partial charge is 0.339 e. The van der Waals surface area contributed by atoms with E-state index in [-0.39, 0.29) is 17.0 Å². The largest absolute Gasteiger partial charge is 0.392 e. The minimum Gasteiger partial charge on any atom is -0.392 e. The molecule has 2 aromatic heterocycles. The van der Waals surface area contributed by atoms with Crippen LogP contribution in [0.1, 0.15) is 0 Å². The Balaban J connectivity index is 2.65. The fraction of sp³-hybridized carbons (Fsp3) is 0. The molecule has 84 valence electrons. The summed E-state index contributed by atoms with van der Waals surface area (Å²) in [5.74, 6) is 0. The minimum atomic E-state index is -0.576. The highest BCUT2D eigenvalue weighted by Gasteiger charge is 2.23. The Bertz CT molecular complexity index is 750.